The molecule has 0 aromatic heterocycles. The number of ether oxygens (including phenoxy) is 1. The molecule has 0 bridgehead atoms. The summed E-state index contributed by atoms with van der Waals surface area (Å²) in [5, 5.41) is 0. The normalized spacial score (nSPS) is 13.4. The molecule has 0 fully saturated rings. The lowest BCUT2D eigenvalue weighted by Crippen LogP contribution is -2.29. The second-order valence-corrected chi connectivity index (χ2v) is 8.62. The van der Waals surface area contributed by atoms with Crippen molar-refractivity contribution in [1.29, 1.82) is 0 Å². The number of nitrogens with zero attached hydrogens (tertiary/aromatic N) is 1. The summed E-state index contributed by atoms with van der Waals surface area (Å²) in [4.78, 5) is -0.117. The zero-order chi connectivity index (χ0) is 22.5. The number of halogens is 5. The van der Waals surface area contributed by atoms with Crippen LogP contribution in [-0.2, 0) is 16.4 Å². The van der Waals surface area contributed by atoms with Gasteiger partial charge in [0.25, 0.3) is 10.0 Å². The first-order valence-electron chi connectivity index (χ1n) is 8.99. The van der Waals surface area contributed by atoms with Crippen LogP contribution in [0.4, 0.5) is 27.6 Å². The molecule has 0 saturated heterocycles. The zero-order valence-corrected chi connectivity index (χ0v) is 16.7. The predicted molar refractivity (Wildman–Crippen MR) is 103 cm³/mol. The molecular weight excluding hydrogens is 441 g/mol. The van der Waals surface area contributed by atoms with Crippen molar-refractivity contribution in [2.45, 2.75) is 11.3 Å². The highest BCUT2D eigenvalue weighted by atomic mass is 32.2. The third-order valence-corrected chi connectivity index (χ3v) is 6.89. The summed E-state index contributed by atoms with van der Waals surface area (Å²) in [5.41, 5.74) is -1.30. The van der Waals surface area contributed by atoms with Crippen LogP contribution in [0.25, 0.3) is 11.1 Å². The van der Waals surface area contributed by atoms with Crippen molar-refractivity contribution >= 4 is 15.7 Å². The van der Waals surface area contributed by atoms with Crippen LogP contribution < -0.4 is 9.04 Å². The van der Waals surface area contributed by atoms with Gasteiger partial charge >= 0.3 is 0 Å². The van der Waals surface area contributed by atoms with Gasteiger partial charge in [-0.2, -0.15) is 0 Å². The number of anilines is 1. The minimum absolute atomic E-state index is 0.0594. The Hall–Kier alpha value is -3.14. The molecule has 10 heteroatoms. The van der Waals surface area contributed by atoms with Crippen LogP contribution in [0.5, 0.6) is 5.75 Å². The molecule has 0 unspecified atom stereocenters. The Kier molecular flexibility index (Phi) is 5.12. The maximum atomic E-state index is 14.5. The number of hydrogen-bond donors (Lipinski definition) is 0. The largest absolute Gasteiger partial charge is 0.497 e. The fourth-order valence-electron chi connectivity index (χ4n) is 3.58. The summed E-state index contributed by atoms with van der Waals surface area (Å²) >= 11 is 0. The van der Waals surface area contributed by atoms with Crippen molar-refractivity contribution < 1.29 is 35.1 Å². The number of para-hydroxylation sites is 1. The first-order chi connectivity index (χ1) is 14.7. The van der Waals surface area contributed by atoms with E-state index in [9.17, 15) is 30.4 Å². The van der Waals surface area contributed by atoms with Gasteiger partial charge in [0.1, 0.15) is 5.75 Å². The summed E-state index contributed by atoms with van der Waals surface area (Å²) in [7, 11) is -2.78. The first-order valence-corrected chi connectivity index (χ1v) is 10.4. The summed E-state index contributed by atoms with van der Waals surface area (Å²) < 4.78 is 102. The van der Waals surface area contributed by atoms with E-state index in [2.05, 4.69) is 0 Å². The quantitative estimate of drug-likeness (QED) is 0.322. The van der Waals surface area contributed by atoms with Gasteiger partial charge in [0.15, 0.2) is 23.3 Å². The SMILES string of the molecule is COc1ccc(S(=O)(=O)N2CCc3cccc(-c4c(F)c(F)c(F)c(F)c4F)c32)cc1. The van der Waals surface area contributed by atoms with Crippen LogP contribution in [0.1, 0.15) is 5.56 Å². The lowest BCUT2D eigenvalue weighted by atomic mass is 9.99. The maximum Gasteiger partial charge on any atom is 0.264 e. The van der Waals surface area contributed by atoms with E-state index in [4.69, 9.17) is 4.74 Å². The van der Waals surface area contributed by atoms with Gasteiger partial charge in [-0.1, -0.05) is 18.2 Å². The van der Waals surface area contributed by atoms with Gasteiger partial charge < -0.3 is 4.74 Å². The summed E-state index contributed by atoms with van der Waals surface area (Å²) in [5.74, 6) is -10.1. The van der Waals surface area contributed by atoms with Crippen molar-refractivity contribution in [2.24, 2.45) is 0 Å². The molecule has 3 aromatic rings. The number of fused-ring (bicyclic) bond motifs is 1. The van der Waals surface area contributed by atoms with Crippen LogP contribution in [0.3, 0.4) is 0 Å². The summed E-state index contributed by atoms with van der Waals surface area (Å²) in [6.07, 6.45) is 0.202. The standard InChI is InChI=1S/C21H14F5NO3S/c1-30-12-5-7-13(8-6-12)31(28,29)27-10-9-11-3-2-4-14(21(11)27)15-16(22)18(24)20(26)19(25)17(15)23/h2-8H,9-10H2,1H3. The van der Waals surface area contributed by atoms with E-state index in [0.717, 1.165) is 10.4 Å². The van der Waals surface area contributed by atoms with Crippen molar-refractivity contribution in [3.63, 3.8) is 0 Å². The van der Waals surface area contributed by atoms with Crippen molar-refractivity contribution in [3.8, 4) is 16.9 Å². The van der Waals surface area contributed by atoms with Gasteiger partial charge in [0.2, 0.25) is 5.82 Å². The molecule has 1 aliphatic rings. The molecule has 0 saturated carbocycles. The molecule has 0 spiro atoms. The van der Waals surface area contributed by atoms with Crippen LogP contribution in [0.2, 0.25) is 0 Å². The Morgan fingerprint density at radius 2 is 1.42 bits per heavy atom. The maximum absolute atomic E-state index is 14.5. The lowest BCUT2D eigenvalue weighted by molar-refractivity contribution is 0.381. The fraction of sp³-hybridized carbons (Fsp3) is 0.143. The van der Waals surface area contributed by atoms with Crippen molar-refractivity contribution in [3.05, 3.63) is 77.1 Å². The molecular formula is C21H14F5NO3S. The molecule has 4 rings (SSSR count). The third kappa shape index (κ3) is 3.21. The molecule has 0 aliphatic carbocycles. The summed E-state index contributed by atoms with van der Waals surface area (Å²) in [6, 6.07) is 9.49. The monoisotopic (exact) mass is 455 g/mol. The van der Waals surface area contributed by atoms with Crippen LogP contribution in [0.15, 0.2) is 47.4 Å². The fourth-order valence-corrected chi connectivity index (χ4v) is 5.10. The minimum Gasteiger partial charge on any atom is -0.497 e. The molecule has 31 heavy (non-hydrogen) atoms. The molecule has 1 heterocycles. The smallest absolute Gasteiger partial charge is 0.264 e. The van der Waals surface area contributed by atoms with Gasteiger partial charge in [-0.05, 0) is 36.2 Å². The van der Waals surface area contributed by atoms with E-state index >= 15 is 0 Å². The van der Waals surface area contributed by atoms with E-state index in [1.165, 1.54) is 43.5 Å². The Morgan fingerprint density at radius 3 is 2.00 bits per heavy atom. The molecule has 162 valence electrons. The molecule has 1 aliphatic heterocycles. The highest BCUT2D eigenvalue weighted by molar-refractivity contribution is 7.92. The second-order valence-electron chi connectivity index (χ2n) is 6.76. The van der Waals surface area contributed by atoms with Crippen molar-refractivity contribution in [2.75, 3.05) is 18.0 Å². The molecule has 4 nitrogen and oxygen atoms in total. The number of hydrogen-bond acceptors (Lipinski definition) is 3. The Labute approximate surface area is 174 Å². The van der Waals surface area contributed by atoms with Gasteiger partial charge in [0.05, 0.1) is 23.3 Å². The van der Waals surface area contributed by atoms with E-state index < -0.39 is 50.2 Å². The average molecular weight is 455 g/mol. The molecule has 0 radical (unpaired) electrons. The highest BCUT2D eigenvalue weighted by Crippen LogP contribution is 2.43. The van der Waals surface area contributed by atoms with Crippen LogP contribution in [0, 0.1) is 29.1 Å². The van der Waals surface area contributed by atoms with Gasteiger partial charge in [-0.15, -0.1) is 0 Å². The molecule has 3 aromatic carbocycles. The Bertz CT molecular complexity index is 1260. The number of sulfonamides is 1. The molecule has 0 atom stereocenters. The summed E-state index contributed by atoms with van der Waals surface area (Å²) in [6.45, 7) is -0.0594. The third-order valence-electron chi connectivity index (χ3n) is 5.08. The van der Waals surface area contributed by atoms with E-state index in [-0.39, 0.29) is 23.5 Å². The van der Waals surface area contributed by atoms with Crippen LogP contribution >= 0.6 is 0 Å². The lowest BCUT2D eigenvalue weighted by Gasteiger charge is -2.23. The number of rotatable bonds is 4. The molecule has 0 N–H and O–H groups in total. The Balaban J connectivity index is 1.92. The van der Waals surface area contributed by atoms with Gasteiger partial charge in [-0.25, -0.2) is 30.4 Å². The number of benzene rings is 3. The number of methoxy groups -OCH3 is 1. The highest BCUT2D eigenvalue weighted by Gasteiger charge is 2.36. The average Bonchev–Trinajstić information content (AvgIpc) is 3.22. The predicted octanol–water partition coefficient (Wildman–Crippen LogP) is 4.81. The van der Waals surface area contributed by atoms with E-state index in [1.54, 1.807) is 0 Å². The van der Waals surface area contributed by atoms with Gasteiger partial charge in [0, 0.05) is 12.1 Å². The second kappa shape index (κ2) is 7.52. The van der Waals surface area contributed by atoms with E-state index in [0.29, 0.717) is 11.3 Å². The van der Waals surface area contributed by atoms with E-state index in [1.807, 2.05) is 0 Å². The first kappa shape index (κ1) is 21.1. The van der Waals surface area contributed by atoms with Crippen LogP contribution in [-0.4, -0.2) is 22.1 Å². The Morgan fingerprint density at radius 1 is 0.839 bits per heavy atom. The van der Waals surface area contributed by atoms with Gasteiger partial charge in [-0.3, -0.25) is 4.31 Å². The minimum atomic E-state index is -4.19. The molecule has 0 amide bonds. The van der Waals surface area contributed by atoms with Crippen molar-refractivity contribution in [1.82, 2.24) is 0 Å². The zero-order valence-electron chi connectivity index (χ0n) is 15.9. The topological polar surface area (TPSA) is 46.6 Å².